The van der Waals surface area contributed by atoms with Crippen LogP contribution in [0.4, 0.5) is 24.5 Å². The number of hydrogen-bond donors (Lipinski definition) is 2. The van der Waals surface area contributed by atoms with E-state index < -0.39 is 45.9 Å². The number of pyridine rings is 1. The van der Waals surface area contributed by atoms with Crippen LogP contribution in [0.5, 0.6) is 5.75 Å². The molecule has 1 N–H and O–H groups in total. The fraction of sp³-hybridized carbons (Fsp3) is 0.548. The number of thiol groups is 1. The van der Waals surface area contributed by atoms with Crippen LogP contribution in [0.15, 0.2) is 30.5 Å². The molecule has 1 atom stereocenters. The van der Waals surface area contributed by atoms with E-state index in [0.717, 1.165) is 73.7 Å². The molecule has 0 radical (unpaired) electrons. The molecule has 1 amide bonds. The van der Waals surface area contributed by atoms with Crippen LogP contribution in [0.3, 0.4) is 0 Å². The number of carbonyl (C=O) groups is 2. The number of nitriles is 1. The predicted octanol–water partition coefficient (Wildman–Crippen LogP) is 5.90. The summed E-state index contributed by atoms with van der Waals surface area (Å²) >= 11 is 4.67. The first-order chi connectivity index (χ1) is 20.7. The molecule has 1 aliphatic carbocycles. The van der Waals surface area contributed by atoms with Gasteiger partial charge in [0.05, 0.1) is 24.1 Å². The molecule has 3 heterocycles. The number of alkyl halides is 3. The Morgan fingerprint density at radius 1 is 1.20 bits per heavy atom. The Labute approximate surface area is 272 Å². The van der Waals surface area contributed by atoms with Crippen LogP contribution in [0.1, 0.15) is 69.7 Å². The van der Waals surface area contributed by atoms with Gasteiger partial charge in [-0.3, -0.25) is 19.4 Å². The highest BCUT2D eigenvalue weighted by Crippen LogP contribution is 2.45. The number of carbonyl (C=O) groups excluding carboxylic acids is 1. The third-order valence-electron chi connectivity index (χ3n) is 9.20. The average molecular weight is 668 g/mol. The Morgan fingerprint density at radius 2 is 1.87 bits per heavy atom. The maximum Gasteiger partial charge on any atom is 0.419 e. The number of amides is 1. The van der Waals surface area contributed by atoms with Crippen LogP contribution in [0.2, 0.25) is 0 Å². The third kappa shape index (κ3) is 6.42. The summed E-state index contributed by atoms with van der Waals surface area (Å²) in [5, 5.41) is 18.7. The molecule has 5 rings (SSSR count). The second-order valence-corrected chi connectivity index (χ2v) is 12.7. The second kappa shape index (κ2) is 12.9. The van der Waals surface area contributed by atoms with Crippen LogP contribution in [0, 0.1) is 17.2 Å². The summed E-state index contributed by atoms with van der Waals surface area (Å²) in [5.74, 6) is 0.00782. The first kappa shape index (κ1) is 34.7. The molecule has 1 aromatic carbocycles. The molecule has 3 fully saturated rings. The number of anilines is 2. The van der Waals surface area contributed by atoms with E-state index in [1.54, 1.807) is 18.7 Å². The molecule has 3 aliphatic rings. The normalized spacial score (nSPS) is 21.3. The lowest BCUT2D eigenvalue weighted by Gasteiger charge is -2.36. The van der Waals surface area contributed by atoms with Gasteiger partial charge in [0.2, 0.25) is 0 Å². The van der Waals surface area contributed by atoms with Gasteiger partial charge >= 0.3 is 12.1 Å². The molecule has 45 heavy (non-hydrogen) atoms. The maximum absolute atomic E-state index is 13.6. The number of hydrogen-bond acceptors (Lipinski definition) is 8. The van der Waals surface area contributed by atoms with Gasteiger partial charge in [-0.25, -0.2) is 4.98 Å². The van der Waals surface area contributed by atoms with Gasteiger partial charge in [-0.2, -0.15) is 18.4 Å². The van der Waals surface area contributed by atoms with Crippen LogP contribution in [-0.4, -0.2) is 63.1 Å². The number of carboxylic acids is 1. The van der Waals surface area contributed by atoms with Crippen molar-refractivity contribution in [2.45, 2.75) is 82.0 Å². The fourth-order valence-corrected chi connectivity index (χ4v) is 7.07. The number of aromatic nitrogens is 1. The number of carboxylic acid groups (broad SMARTS) is 1. The second-order valence-electron chi connectivity index (χ2n) is 12.2. The van der Waals surface area contributed by atoms with Crippen LogP contribution in [-0.2, 0) is 22.2 Å². The van der Waals surface area contributed by atoms with Crippen LogP contribution >= 0.6 is 25.0 Å². The zero-order valence-corrected chi connectivity index (χ0v) is 27.0. The topological polar surface area (TPSA) is 110 Å². The summed E-state index contributed by atoms with van der Waals surface area (Å²) in [4.78, 5) is 33.9. The largest absolute Gasteiger partial charge is 0.493 e. The quantitative estimate of drug-likeness (QED) is 0.318. The number of nitrogens with zero attached hydrogens (tertiary/aromatic N) is 5. The Balaban J connectivity index is 0.00000461. The van der Waals surface area contributed by atoms with Crippen LogP contribution < -0.4 is 14.5 Å². The summed E-state index contributed by atoms with van der Waals surface area (Å²) in [6.07, 6.45) is 1.11. The lowest BCUT2D eigenvalue weighted by molar-refractivity contribution is -0.146. The zero-order valence-electron chi connectivity index (χ0n) is 25.3. The Hall–Kier alpha value is -3.21. The van der Waals surface area contributed by atoms with Gasteiger partial charge in [-0.1, -0.05) is 6.92 Å². The number of rotatable bonds is 9. The number of likely N-dealkylation sites (tertiary alicyclic amines) is 1. The van der Waals surface area contributed by atoms with Crippen LogP contribution in [0.25, 0.3) is 0 Å². The first-order valence-corrected chi connectivity index (χ1v) is 15.3. The number of aryl methyl sites for hydroxylation is 1. The van der Waals surface area contributed by atoms with Gasteiger partial charge in [0.1, 0.15) is 22.9 Å². The molecule has 1 aromatic heterocycles. The van der Waals surface area contributed by atoms with Crippen molar-refractivity contribution in [3.63, 3.8) is 0 Å². The molecule has 9 nitrogen and oxygen atoms in total. The Kier molecular flexibility index (Phi) is 9.93. The van der Waals surface area contributed by atoms with Crippen molar-refractivity contribution in [2.24, 2.45) is 5.92 Å². The average Bonchev–Trinajstić information content (AvgIpc) is 3.77. The number of ether oxygens (including phenoxy) is 1. The SMILES string of the molecule is CCc1cc(N2C(S)N(c3cnc(C#N)c(C(F)(F)F)c3)C(=O)C2(C)C)ccc1OCCC1CCN(C2(C(=O)O)CC2)CC1.Cl. The van der Waals surface area contributed by atoms with Crippen molar-refractivity contribution in [3.05, 3.63) is 47.3 Å². The first-order valence-electron chi connectivity index (χ1n) is 14.8. The van der Waals surface area contributed by atoms with E-state index in [2.05, 4.69) is 22.5 Å². The highest BCUT2D eigenvalue weighted by molar-refractivity contribution is 7.81. The number of halogens is 4. The minimum atomic E-state index is -4.82. The number of aliphatic carboxylic acids is 1. The molecule has 2 aromatic rings. The highest BCUT2D eigenvalue weighted by Gasteiger charge is 2.55. The van der Waals surface area contributed by atoms with E-state index in [0.29, 0.717) is 24.6 Å². The zero-order chi connectivity index (χ0) is 32.0. The molecule has 1 unspecified atom stereocenters. The van der Waals surface area contributed by atoms with Crippen molar-refractivity contribution in [1.29, 1.82) is 5.26 Å². The van der Waals surface area contributed by atoms with Gasteiger partial charge in [0.25, 0.3) is 5.91 Å². The van der Waals surface area contributed by atoms with Crippen molar-refractivity contribution in [2.75, 3.05) is 29.5 Å². The van der Waals surface area contributed by atoms with E-state index in [4.69, 9.17) is 10.00 Å². The third-order valence-corrected chi connectivity index (χ3v) is 9.66. The summed E-state index contributed by atoms with van der Waals surface area (Å²) in [6, 6.07) is 7.79. The summed E-state index contributed by atoms with van der Waals surface area (Å²) in [5.41, 5.74) is -3.24. The predicted molar refractivity (Wildman–Crippen MR) is 168 cm³/mol. The molecule has 2 aliphatic heterocycles. The lowest BCUT2D eigenvalue weighted by atomic mass is 9.92. The minimum absolute atomic E-state index is 0. The summed E-state index contributed by atoms with van der Waals surface area (Å²) in [6.45, 7) is 7.45. The standard InChI is InChI=1S/C31H36F3N5O4S.ClH/c1-4-20-15-21(5-6-25(20)43-14-9-19-7-12-37(13-8-19)30(10-11-30)27(41)42)39-28(44)38(26(40)29(39,2)3)22-16-23(31(32,33)34)24(17-35)36-18-22;/h5-6,15-16,18-19,28,44H,4,7-14H2,1-3H3,(H,41,42);1H. The number of piperidine rings is 1. The maximum atomic E-state index is 13.6. The van der Waals surface area contributed by atoms with E-state index in [1.807, 2.05) is 25.1 Å². The highest BCUT2D eigenvalue weighted by atomic mass is 35.5. The minimum Gasteiger partial charge on any atom is -0.493 e. The molecule has 14 heteroatoms. The fourth-order valence-electron chi connectivity index (χ4n) is 6.41. The monoisotopic (exact) mass is 667 g/mol. The van der Waals surface area contributed by atoms with Crippen molar-refractivity contribution >= 4 is 48.3 Å². The molecular weight excluding hydrogens is 631 g/mol. The van der Waals surface area contributed by atoms with Crippen molar-refractivity contribution in [3.8, 4) is 11.8 Å². The van der Waals surface area contributed by atoms with Crippen molar-refractivity contribution < 1.29 is 32.6 Å². The summed E-state index contributed by atoms with van der Waals surface area (Å²) in [7, 11) is 0. The van der Waals surface area contributed by atoms with E-state index >= 15 is 0 Å². The number of benzene rings is 1. The van der Waals surface area contributed by atoms with Gasteiger partial charge < -0.3 is 14.7 Å². The molecule has 0 bridgehead atoms. The van der Waals surface area contributed by atoms with Gasteiger partial charge in [-0.15, -0.1) is 25.0 Å². The van der Waals surface area contributed by atoms with Gasteiger partial charge in [0, 0.05) is 5.69 Å². The van der Waals surface area contributed by atoms with Gasteiger partial charge in [-0.05, 0) is 101 Å². The smallest absolute Gasteiger partial charge is 0.419 e. The Morgan fingerprint density at radius 3 is 2.42 bits per heavy atom. The summed E-state index contributed by atoms with van der Waals surface area (Å²) < 4.78 is 47.1. The van der Waals surface area contributed by atoms with E-state index in [1.165, 1.54) is 6.07 Å². The van der Waals surface area contributed by atoms with Gasteiger partial charge in [0.15, 0.2) is 11.2 Å². The molecule has 0 spiro atoms. The Bertz CT molecular complexity index is 1490. The van der Waals surface area contributed by atoms with Crippen molar-refractivity contribution in [1.82, 2.24) is 9.88 Å². The molecule has 244 valence electrons. The molecule has 2 saturated heterocycles. The molecular formula is C31H37ClF3N5O4S. The lowest BCUT2D eigenvalue weighted by Crippen LogP contribution is -2.47. The van der Waals surface area contributed by atoms with E-state index in [-0.39, 0.29) is 18.1 Å². The van der Waals surface area contributed by atoms with E-state index in [9.17, 15) is 27.9 Å². The molecule has 1 saturated carbocycles.